The molecule has 8 heteroatoms. The average molecular weight is 459 g/mol. The van der Waals surface area contributed by atoms with E-state index in [2.05, 4.69) is 5.32 Å². The number of fused-ring (bicyclic) bond motifs is 1. The van der Waals surface area contributed by atoms with E-state index in [0.717, 1.165) is 21.9 Å². The Bertz CT molecular complexity index is 967. The number of benzene rings is 2. The van der Waals surface area contributed by atoms with Crippen molar-refractivity contribution in [3.63, 3.8) is 0 Å². The van der Waals surface area contributed by atoms with E-state index in [0.29, 0.717) is 25.9 Å². The van der Waals surface area contributed by atoms with Gasteiger partial charge in [-0.15, -0.1) is 0 Å². The SMILES string of the molecule is CC(C)(C)OC(=O)NC(CCC(N)=O)COCc1ccc2c(CCCC(=O)O)cccc2c1. The second kappa shape index (κ2) is 12.2. The van der Waals surface area contributed by atoms with Crippen molar-refractivity contribution in [2.45, 2.75) is 71.1 Å². The van der Waals surface area contributed by atoms with Crippen LogP contribution in [0, 0.1) is 0 Å². The summed E-state index contributed by atoms with van der Waals surface area (Å²) >= 11 is 0. The summed E-state index contributed by atoms with van der Waals surface area (Å²) in [5.41, 5.74) is 6.71. The number of hydrogen-bond donors (Lipinski definition) is 3. The molecule has 1 atom stereocenters. The Balaban J connectivity index is 1.97. The first kappa shape index (κ1) is 26.1. The minimum absolute atomic E-state index is 0.129. The summed E-state index contributed by atoms with van der Waals surface area (Å²) < 4.78 is 11.1. The molecule has 0 bridgehead atoms. The fraction of sp³-hybridized carbons (Fsp3) is 0.480. The molecular weight excluding hydrogens is 424 g/mol. The van der Waals surface area contributed by atoms with Crippen molar-refractivity contribution >= 4 is 28.7 Å². The highest BCUT2D eigenvalue weighted by Crippen LogP contribution is 2.22. The number of carbonyl (C=O) groups is 3. The summed E-state index contributed by atoms with van der Waals surface area (Å²) in [5.74, 6) is -1.23. The molecule has 180 valence electrons. The number of nitrogens with one attached hydrogen (secondary N) is 1. The summed E-state index contributed by atoms with van der Waals surface area (Å²) in [4.78, 5) is 34.0. The molecule has 0 saturated heterocycles. The normalized spacial score (nSPS) is 12.3. The number of ether oxygens (including phenoxy) is 2. The van der Waals surface area contributed by atoms with Crippen molar-refractivity contribution in [3.05, 3.63) is 47.5 Å². The quantitative estimate of drug-likeness (QED) is 0.442. The van der Waals surface area contributed by atoms with E-state index in [1.807, 2.05) is 36.4 Å². The van der Waals surface area contributed by atoms with Crippen molar-refractivity contribution in [2.75, 3.05) is 6.61 Å². The van der Waals surface area contributed by atoms with Gasteiger partial charge in [0.1, 0.15) is 5.60 Å². The van der Waals surface area contributed by atoms with Gasteiger partial charge in [-0.05, 0) is 68.0 Å². The van der Waals surface area contributed by atoms with Gasteiger partial charge >= 0.3 is 12.1 Å². The lowest BCUT2D eigenvalue weighted by Crippen LogP contribution is -2.42. The van der Waals surface area contributed by atoms with Crippen molar-refractivity contribution < 1.29 is 29.0 Å². The van der Waals surface area contributed by atoms with E-state index in [-0.39, 0.29) is 19.4 Å². The van der Waals surface area contributed by atoms with Gasteiger partial charge in [0.25, 0.3) is 0 Å². The van der Waals surface area contributed by atoms with Crippen LogP contribution in [0.3, 0.4) is 0 Å². The van der Waals surface area contributed by atoms with Crippen LogP contribution in [0.5, 0.6) is 0 Å². The van der Waals surface area contributed by atoms with E-state index < -0.39 is 29.6 Å². The zero-order valence-electron chi connectivity index (χ0n) is 19.6. The van der Waals surface area contributed by atoms with E-state index >= 15 is 0 Å². The molecule has 8 nitrogen and oxygen atoms in total. The van der Waals surface area contributed by atoms with Crippen molar-refractivity contribution in [1.29, 1.82) is 0 Å². The molecule has 0 fully saturated rings. The number of aliphatic carboxylic acids is 1. The minimum Gasteiger partial charge on any atom is -0.481 e. The Hall–Kier alpha value is -3.13. The molecule has 0 spiro atoms. The maximum Gasteiger partial charge on any atom is 0.407 e. The number of aryl methyl sites for hydroxylation is 1. The van der Waals surface area contributed by atoms with Crippen LogP contribution < -0.4 is 11.1 Å². The average Bonchev–Trinajstić information content (AvgIpc) is 2.70. The third-order valence-corrected chi connectivity index (χ3v) is 4.92. The smallest absolute Gasteiger partial charge is 0.407 e. The third-order valence-electron chi connectivity index (χ3n) is 4.92. The van der Waals surface area contributed by atoms with Crippen molar-refractivity contribution in [1.82, 2.24) is 5.32 Å². The van der Waals surface area contributed by atoms with Crippen LogP contribution in [0.25, 0.3) is 10.8 Å². The molecule has 0 aliphatic heterocycles. The van der Waals surface area contributed by atoms with Gasteiger partial charge in [0, 0.05) is 12.8 Å². The molecule has 2 aromatic carbocycles. The number of alkyl carbamates (subject to hydrolysis) is 1. The van der Waals surface area contributed by atoms with Crippen molar-refractivity contribution in [3.8, 4) is 0 Å². The second-order valence-electron chi connectivity index (χ2n) is 9.08. The van der Waals surface area contributed by atoms with E-state index in [1.54, 1.807) is 20.8 Å². The van der Waals surface area contributed by atoms with Crippen LogP contribution >= 0.6 is 0 Å². The van der Waals surface area contributed by atoms with Crippen LogP contribution in [0.15, 0.2) is 36.4 Å². The van der Waals surface area contributed by atoms with Crippen LogP contribution in [0.4, 0.5) is 4.79 Å². The zero-order valence-corrected chi connectivity index (χ0v) is 19.6. The van der Waals surface area contributed by atoms with Crippen LogP contribution in [0.2, 0.25) is 0 Å². The van der Waals surface area contributed by atoms with Crippen LogP contribution in [-0.4, -0.2) is 41.3 Å². The maximum absolute atomic E-state index is 12.1. The lowest BCUT2D eigenvalue weighted by atomic mass is 9.98. The number of carboxylic acid groups (broad SMARTS) is 1. The van der Waals surface area contributed by atoms with Gasteiger partial charge in [-0.1, -0.05) is 30.3 Å². The Morgan fingerprint density at radius 1 is 1.12 bits per heavy atom. The molecule has 0 saturated carbocycles. The molecule has 0 radical (unpaired) electrons. The number of rotatable bonds is 12. The summed E-state index contributed by atoms with van der Waals surface area (Å²) in [7, 11) is 0. The Labute approximate surface area is 194 Å². The van der Waals surface area contributed by atoms with Gasteiger partial charge in [-0.3, -0.25) is 9.59 Å². The number of carboxylic acids is 1. The number of hydrogen-bond acceptors (Lipinski definition) is 5. The number of carbonyl (C=O) groups excluding carboxylic acids is 2. The zero-order chi connectivity index (χ0) is 24.4. The molecular formula is C25H34N2O6. The van der Waals surface area contributed by atoms with Gasteiger partial charge in [-0.25, -0.2) is 4.79 Å². The highest BCUT2D eigenvalue weighted by atomic mass is 16.6. The Morgan fingerprint density at radius 3 is 2.55 bits per heavy atom. The molecule has 0 heterocycles. The number of primary amides is 1. The molecule has 0 aliphatic rings. The predicted molar refractivity (Wildman–Crippen MR) is 126 cm³/mol. The topological polar surface area (TPSA) is 128 Å². The molecule has 33 heavy (non-hydrogen) atoms. The van der Waals surface area contributed by atoms with Gasteiger partial charge < -0.3 is 25.6 Å². The summed E-state index contributed by atoms with van der Waals surface area (Å²) in [6, 6.07) is 11.6. The monoisotopic (exact) mass is 458 g/mol. The first-order valence-corrected chi connectivity index (χ1v) is 11.1. The van der Waals surface area contributed by atoms with Crippen LogP contribution in [0.1, 0.15) is 57.6 Å². The van der Waals surface area contributed by atoms with Gasteiger partial charge in [0.05, 0.1) is 19.3 Å². The fourth-order valence-electron chi connectivity index (χ4n) is 3.44. The largest absolute Gasteiger partial charge is 0.481 e. The first-order chi connectivity index (χ1) is 15.5. The summed E-state index contributed by atoms with van der Waals surface area (Å²) in [5, 5.41) is 13.7. The van der Waals surface area contributed by atoms with Crippen LogP contribution in [-0.2, 0) is 32.1 Å². The Morgan fingerprint density at radius 2 is 1.88 bits per heavy atom. The lowest BCUT2D eigenvalue weighted by Gasteiger charge is -2.23. The molecule has 2 rings (SSSR count). The molecule has 2 amide bonds. The van der Waals surface area contributed by atoms with E-state index in [4.69, 9.17) is 20.3 Å². The lowest BCUT2D eigenvalue weighted by molar-refractivity contribution is -0.137. The number of amides is 2. The van der Waals surface area contributed by atoms with Gasteiger partial charge in [0.2, 0.25) is 5.91 Å². The molecule has 2 aromatic rings. The summed E-state index contributed by atoms with van der Waals surface area (Å²) in [6.45, 7) is 5.87. The molecule has 0 aromatic heterocycles. The second-order valence-corrected chi connectivity index (χ2v) is 9.08. The summed E-state index contributed by atoms with van der Waals surface area (Å²) in [6.07, 6.45) is 1.36. The van der Waals surface area contributed by atoms with E-state index in [1.165, 1.54) is 0 Å². The highest BCUT2D eigenvalue weighted by molar-refractivity contribution is 5.86. The molecule has 4 N–H and O–H groups in total. The minimum atomic E-state index is -0.787. The standard InChI is InChI=1S/C25H34N2O6/c1-25(2,3)33-24(31)27-20(11-13-22(26)28)16-32-15-17-10-12-21-18(7-5-9-23(29)30)6-4-8-19(21)14-17/h4,6,8,10,12,14,20H,5,7,9,11,13,15-16H2,1-3H3,(H2,26,28)(H,27,31)(H,29,30). The van der Waals surface area contributed by atoms with Gasteiger partial charge in [0.15, 0.2) is 0 Å². The third kappa shape index (κ3) is 9.91. The van der Waals surface area contributed by atoms with E-state index in [9.17, 15) is 14.4 Å². The molecule has 0 aliphatic carbocycles. The number of nitrogens with two attached hydrogens (primary N) is 1. The van der Waals surface area contributed by atoms with Crippen molar-refractivity contribution in [2.24, 2.45) is 5.73 Å². The Kier molecular flexibility index (Phi) is 9.66. The predicted octanol–water partition coefficient (Wildman–Crippen LogP) is 3.92. The molecule has 1 unspecified atom stereocenters. The maximum atomic E-state index is 12.1. The highest BCUT2D eigenvalue weighted by Gasteiger charge is 2.20. The fourth-order valence-corrected chi connectivity index (χ4v) is 3.44. The van der Waals surface area contributed by atoms with Gasteiger partial charge in [-0.2, -0.15) is 0 Å². The first-order valence-electron chi connectivity index (χ1n) is 11.1.